The Morgan fingerprint density at radius 2 is 1.76 bits per heavy atom. The zero-order chi connectivity index (χ0) is 12.4. The molecule has 0 atom stereocenters. The molecule has 0 aliphatic heterocycles. The van der Waals surface area contributed by atoms with Crippen molar-refractivity contribution in [1.29, 1.82) is 0 Å². The van der Waals surface area contributed by atoms with Gasteiger partial charge in [0.2, 0.25) is 0 Å². The Morgan fingerprint density at radius 3 is 2.35 bits per heavy atom. The van der Waals surface area contributed by atoms with Crippen molar-refractivity contribution >= 4 is 0 Å². The van der Waals surface area contributed by atoms with Gasteiger partial charge in [-0.1, -0.05) is 12.1 Å². The van der Waals surface area contributed by atoms with Gasteiger partial charge in [0.1, 0.15) is 0 Å². The third-order valence-electron chi connectivity index (χ3n) is 2.76. The standard InChI is InChI=1S/C14H15NO2/c1-10-6-14(17)7-11(2)15(10)13-5-3-4-12(8-13)9-16/h3-8,16H,9H2,1-2H3. The van der Waals surface area contributed by atoms with E-state index in [1.165, 1.54) is 0 Å². The molecule has 0 saturated carbocycles. The molecule has 0 spiro atoms. The second-order valence-corrected chi connectivity index (χ2v) is 4.14. The van der Waals surface area contributed by atoms with E-state index in [9.17, 15) is 4.79 Å². The Balaban J connectivity index is 2.64. The van der Waals surface area contributed by atoms with Crippen molar-refractivity contribution in [2.24, 2.45) is 0 Å². The van der Waals surface area contributed by atoms with E-state index >= 15 is 0 Å². The molecule has 0 aliphatic carbocycles. The number of hydrogen-bond acceptors (Lipinski definition) is 2. The van der Waals surface area contributed by atoms with Crippen LogP contribution in [0.15, 0.2) is 41.2 Å². The minimum absolute atomic E-state index is 0.0200. The van der Waals surface area contributed by atoms with E-state index in [2.05, 4.69) is 0 Å². The molecule has 0 unspecified atom stereocenters. The molecular weight excluding hydrogens is 214 g/mol. The maximum Gasteiger partial charge on any atom is 0.182 e. The number of aliphatic hydroxyl groups is 1. The van der Waals surface area contributed by atoms with Gasteiger partial charge in [-0.05, 0) is 31.5 Å². The van der Waals surface area contributed by atoms with Crippen LogP contribution in [0, 0.1) is 13.8 Å². The van der Waals surface area contributed by atoms with Crippen LogP contribution in [0.2, 0.25) is 0 Å². The highest BCUT2D eigenvalue weighted by atomic mass is 16.3. The van der Waals surface area contributed by atoms with E-state index in [1.807, 2.05) is 42.7 Å². The lowest BCUT2D eigenvalue weighted by Gasteiger charge is -2.14. The van der Waals surface area contributed by atoms with Crippen molar-refractivity contribution in [1.82, 2.24) is 4.57 Å². The highest BCUT2D eigenvalue weighted by molar-refractivity contribution is 5.39. The summed E-state index contributed by atoms with van der Waals surface area (Å²) < 4.78 is 2.00. The molecule has 0 aliphatic rings. The quantitative estimate of drug-likeness (QED) is 0.855. The largest absolute Gasteiger partial charge is 0.392 e. The number of pyridine rings is 1. The second-order valence-electron chi connectivity index (χ2n) is 4.14. The number of hydrogen-bond donors (Lipinski definition) is 1. The third-order valence-corrected chi connectivity index (χ3v) is 2.76. The van der Waals surface area contributed by atoms with Crippen molar-refractivity contribution in [3.63, 3.8) is 0 Å². The summed E-state index contributed by atoms with van der Waals surface area (Å²) in [6, 6.07) is 10.9. The molecule has 3 nitrogen and oxygen atoms in total. The van der Waals surface area contributed by atoms with Crippen LogP contribution in [-0.2, 0) is 6.61 Å². The molecule has 1 heterocycles. The SMILES string of the molecule is Cc1cc(=O)cc(C)n1-c1cccc(CO)c1. The molecule has 2 rings (SSSR count). The van der Waals surface area contributed by atoms with Crippen molar-refractivity contribution < 1.29 is 5.11 Å². The summed E-state index contributed by atoms with van der Waals surface area (Å²) in [7, 11) is 0. The van der Waals surface area contributed by atoms with Crippen LogP contribution >= 0.6 is 0 Å². The summed E-state index contributed by atoms with van der Waals surface area (Å²) in [5, 5.41) is 9.13. The molecule has 0 amide bonds. The van der Waals surface area contributed by atoms with Crippen molar-refractivity contribution in [3.05, 3.63) is 63.6 Å². The summed E-state index contributed by atoms with van der Waals surface area (Å²) in [6.45, 7) is 3.83. The minimum atomic E-state index is 0.0200. The first kappa shape index (κ1) is 11.6. The molecule has 0 saturated heterocycles. The van der Waals surface area contributed by atoms with Crippen LogP contribution in [0.3, 0.4) is 0 Å². The summed E-state index contributed by atoms with van der Waals surface area (Å²) >= 11 is 0. The molecule has 0 radical (unpaired) electrons. The predicted molar refractivity (Wildman–Crippen MR) is 67.4 cm³/mol. The van der Waals surface area contributed by atoms with E-state index in [0.29, 0.717) is 0 Å². The molecule has 88 valence electrons. The molecule has 1 aromatic heterocycles. The summed E-state index contributed by atoms with van der Waals surface area (Å²) in [5.41, 5.74) is 3.64. The lowest BCUT2D eigenvalue weighted by molar-refractivity contribution is 0.282. The number of aliphatic hydroxyl groups excluding tert-OH is 1. The molecule has 1 aromatic carbocycles. The van der Waals surface area contributed by atoms with E-state index < -0.39 is 0 Å². The number of benzene rings is 1. The van der Waals surface area contributed by atoms with Crippen molar-refractivity contribution in [2.75, 3.05) is 0 Å². The fraction of sp³-hybridized carbons (Fsp3) is 0.214. The second kappa shape index (κ2) is 4.55. The Bertz CT molecular complexity index is 573. The Kier molecular flexibility index (Phi) is 3.11. The van der Waals surface area contributed by atoms with Gasteiger partial charge in [0.25, 0.3) is 0 Å². The average Bonchev–Trinajstić information content (AvgIpc) is 2.28. The van der Waals surface area contributed by atoms with Gasteiger partial charge < -0.3 is 9.67 Å². The maximum absolute atomic E-state index is 11.4. The molecule has 17 heavy (non-hydrogen) atoms. The van der Waals surface area contributed by atoms with E-state index in [4.69, 9.17) is 5.11 Å². The van der Waals surface area contributed by atoms with Crippen LogP contribution in [0.5, 0.6) is 0 Å². The van der Waals surface area contributed by atoms with E-state index in [1.54, 1.807) is 12.1 Å². The predicted octanol–water partition coefficient (Wildman–Crippen LogP) is 1.95. The Labute approximate surface area is 100.0 Å². The van der Waals surface area contributed by atoms with Crippen molar-refractivity contribution in [3.8, 4) is 5.69 Å². The van der Waals surface area contributed by atoms with Gasteiger partial charge in [-0.3, -0.25) is 4.79 Å². The molecule has 0 fully saturated rings. The third kappa shape index (κ3) is 2.29. The number of nitrogens with zero attached hydrogens (tertiary/aromatic N) is 1. The van der Waals surface area contributed by atoms with Gasteiger partial charge in [0.05, 0.1) is 6.61 Å². The Hall–Kier alpha value is -1.87. The topological polar surface area (TPSA) is 42.2 Å². The molecular formula is C14H15NO2. The first-order valence-electron chi connectivity index (χ1n) is 5.52. The first-order valence-corrected chi connectivity index (χ1v) is 5.52. The zero-order valence-corrected chi connectivity index (χ0v) is 9.97. The fourth-order valence-electron chi connectivity index (χ4n) is 2.06. The number of aryl methyl sites for hydroxylation is 2. The lowest BCUT2D eigenvalue weighted by atomic mass is 10.2. The molecule has 1 N–H and O–H groups in total. The van der Waals surface area contributed by atoms with Gasteiger partial charge in [-0.2, -0.15) is 0 Å². The molecule has 3 heteroatoms. The zero-order valence-electron chi connectivity index (χ0n) is 9.97. The normalized spacial score (nSPS) is 10.5. The van der Waals surface area contributed by atoms with Gasteiger partial charge in [-0.25, -0.2) is 0 Å². The smallest absolute Gasteiger partial charge is 0.182 e. The van der Waals surface area contributed by atoms with Crippen LogP contribution in [0.4, 0.5) is 0 Å². The van der Waals surface area contributed by atoms with Gasteiger partial charge in [0.15, 0.2) is 5.43 Å². The lowest BCUT2D eigenvalue weighted by Crippen LogP contribution is -2.11. The monoisotopic (exact) mass is 229 g/mol. The summed E-state index contributed by atoms with van der Waals surface area (Å²) in [6.07, 6.45) is 0. The van der Waals surface area contributed by atoms with Crippen LogP contribution in [0.25, 0.3) is 5.69 Å². The van der Waals surface area contributed by atoms with Gasteiger partial charge >= 0.3 is 0 Å². The number of aromatic nitrogens is 1. The van der Waals surface area contributed by atoms with Gasteiger partial charge in [-0.15, -0.1) is 0 Å². The van der Waals surface area contributed by atoms with Crippen LogP contribution < -0.4 is 5.43 Å². The van der Waals surface area contributed by atoms with Crippen molar-refractivity contribution in [2.45, 2.75) is 20.5 Å². The highest BCUT2D eigenvalue weighted by Crippen LogP contribution is 2.14. The highest BCUT2D eigenvalue weighted by Gasteiger charge is 2.04. The van der Waals surface area contributed by atoms with Crippen LogP contribution in [0.1, 0.15) is 17.0 Å². The van der Waals surface area contributed by atoms with E-state index in [-0.39, 0.29) is 12.0 Å². The minimum Gasteiger partial charge on any atom is -0.392 e. The first-order chi connectivity index (χ1) is 8.11. The van der Waals surface area contributed by atoms with Crippen LogP contribution in [-0.4, -0.2) is 9.67 Å². The van der Waals surface area contributed by atoms with E-state index in [0.717, 1.165) is 22.6 Å². The maximum atomic E-state index is 11.4. The average molecular weight is 229 g/mol. The number of rotatable bonds is 2. The van der Waals surface area contributed by atoms with Gasteiger partial charge in [0, 0.05) is 29.2 Å². The fourth-order valence-corrected chi connectivity index (χ4v) is 2.06. The summed E-state index contributed by atoms with van der Waals surface area (Å²) in [4.78, 5) is 11.4. The molecule has 0 bridgehead atoms. The summed E-state index contributed by atoms with van der Waals surface area (Å²) in [5.74, 6) is 0. The Morgan fingerprint density at radius 1 is 1.12 bits per heavy atom. The molecule has 2 aromatic rings.